The van der Waals surface area contributed by atoms with Gasteiger partial charge in [0, 0.05) is 62.6 Å². The summed E-state index contributed by atoms with van der Waals surface area (Å²) < 4.78 is 5.50. The SMILES string of the molecule is CCN(C)C(=O)c1cc(Nc2nccc(N(C)c3cc(CO)ccc3C)n2)cc(N2CCOCC2)c1. The Morgan fingerprint density at radius 3 is 2.64 bits per heavy atom. The molecule has 9 heteroatoms. The number of hydrogen-bond donors (Lipinski definition) is 2. The number of nitrogens with zero attached hydrogens (tertiary/aromatic N) is 5. The van der Waals surface area contributed by atoms with Crippen molar-refractivity contribution in [3.8, 4) is 0 Å². The van der Waals surface area contributed by atoms with Crippen molar-refractivity contribution < 1.29 is 14.6 Å². The molecule has 190 valence electrons. The van der Waals surface area contributed by atoms with Gasteiger partial charge in [0.25, 0.3) is 5.91 Å². The van der Waals surface area contributed by atoms with E-state index in [-0.39, 0.29) is 12.5 Å². The molecule has 2 aromatic carbocycles. The molecule has 0 aliphatic carbocycles. The highest BCUT2D eigenvalue weighted by atomic mass is 16.5. The number of nitrogens with one attached hydrogen (secondary N) is 1. The third-order valence-electron chi connectivity index (χ3n) is 6.42. The van der Waals surface area contributed by atoms with Crippen LogP contribution in [0.5, 0.6) is 0 Å². The van der Waals surface area contributed by atoms with Crippen LogP contribution >= 0.6 is 0 Å². The van der Waals surface area contributed by atoms with Crippen molar-refractivity contribution in [2.45, 2.75) is 20.5 Å². The average Bonchev–Trinajstić information content (AvgIpc) is 2.92. The highest BCUT2D eigenvalue weighted by Crippen LogP contribution is 2.29. The summed E-state index contributed by atoms with van der Waals surface area (Å²) in [5, 5.41) is 12.9. The molecule has 1 aliphatic rings. The van der Waals surface area contributed by atoms with Crippen LogP contribution in [0.3, 0.4) is 0 Å². The van der Waals surface area contributed by atoms with Gasteiger partial charge in [-0.15, -0.1) is 0 Å². The number of ether oxygens (including phenoxy) is 1. The lowest BCUT2D eigenvalue weighted by atomic mass is 10.1. The highest BCUT2D eigenvalue weighted by Gasteiger charge is 2.18. The highest BCUT2D eigenvalue weighted by molar-refractivity contribution is 5.96. The first-order valence-electron chi connectivity index (χ1n) is 12.2. The van der Waals surface area contributed by atoms with Crippen LogP contribution in [-0.4, -0.2) is 72.8 Å². The number of carbonyl (C=O) groups is 1. The number of benzene rings is 2. The van der Waals surface area contributed by atoms with E-state index in [2.05, 4.69) is 15.2 Å². The van der Waals surface area contributed by atoms with E-state index < -0.39 is 0 Å². The first-order chi connectivity index (χ1) is 17.4. The third-order valence-corrected chi connectivity index (χ3v) is 6.42. The Bertz CT molecular complexity index is 1210. The fourth-order valence-corrected chi connectivity index (χ4v) is 4.14. The van der Waals surface area contributed by atoms with Crippen LogP contribution in [0.1, 0.15) is 28.4 Å². The molecule has 1 amide bonds. The Morgan fingerprint density at radius 1 is 1.14 bits per heavy atom. The van der Waals surface area contributed by atoms with E-state index in [1.807, 2.05) is 68.3 Å². The molecule has 4 rings (SSSR count). The van der Waals surface area contributed by atoms with Crippen molar-refractivity contribution in [3.63, 3.8) is 0 Å². The molecule has 2 heterocycles. The van der Waals surface area contributed by atoms with Gasteiger partial charge < -0.3 is 29.9 Å². The maximum atomic E-state index is 13.0. The van der Waals surface area contributed by atoms with Gasteiger partial charge >= 0.3 is 0 Å². The van der Waals surface area contributed by atoms with E-state index in [0.29, 0.717) is 37.1 Å². The molecule has 0 radical (unpaired) electrons. The van der Waals surface area contributed by atoms with E-state index in [1.165, 1.54) is 0 Å². The van der Waals surface area contributed by atoms with Gasteiger partial charge in [-0.1, -0.05) is 12.1 Å². The number of anilines is 5. The van der Waals surface area contributed by atoms with Gasteiger partial charge in [0.05, 0.1) is 19.8 Å². The summed E-state index contributed by atoms with van der Waals surface area (Å²) >= 11 is 0. The van der Waals surface area contributed by atoms with E-state index in [9.17, 15) is 9.90 Å². The standard InChI is InChI=1S/C27H34N6O3/c1-5-31(3)26(35)21-15-22(17-23(16-21)33-10-12-36-13-11-33)29-27-28-9-8-25(30-27)32(4)24-14-20(18-34)7-6-19(24)2/h6-9,14-17,34H,5,10-13,18H2,1-4H3,(H,28,29,30). The molecule has 0 saturated carbocycles. The number of aromatic nitrogens is 2. The van der Waals surface area contributed by atoms with Crippen molar-refractivity contribution in [2.24, 2.45) is 0 Å². The zero-order valence-corrected chi connectivity index (χ0v) is 21.4. The number of aryl methyl sites for hydroxylation is 1. The first kappa shape index (κ1) is 25.4. The lowest BCUT2D eigenvalue weighted by Crippen LogP contribution is -2.36. The Morgan fingerprint density at radius 2 is 1.92 bits per heavy atom. The smallest absolute Gasteiger partial charge is 0.253 e. The second kappa shape index (κ2) is 11.4. The minimum absolute atomic E-state index is 0.0224. The number of amides is 1. The number of aliphatic hydroxyl groups excluding tert-OH is 1. The third kappa shape index (κ3) is 5.75. The van der Waals surface area contributed by atoms with Crippen molar-refractivity contribution in [3.05, 3.63) is 65.4 Å². The molecule has 2 N–H and O–H groups in total. The van der Waals surface area contributed by atoms with Gasteiger partial charge in [0.15, 0.2) is 0 Å². The van der Waals surface area contributed by atoms with Crippen LogP contribution in [0.2, 0.25) is 0 Å². The second-order valence-corrected chi connectivity index (χ2v) is 8.89. The predicted octanol–water partition coefficient (Wildman–Crippen LogP) is 3.72. The molecular weight excluding hydrogens is 456 g/mol. The van der Waals surface area contributed by atoms with Gasteiger partial charge in [0.1, 0.15) is 5.82 Å². The van der Waals surface area contributed by atoms with Crippen LogP contribution in [0, 0.1) is 6.92 Å². The average molecular weight is 491 g/mol. The quantitative estimate of drug-likeness (QED) is 0.494. The second-order valence-electron chi connectivity index (χ2n) is 8.89. The molecule has 9 nitrogen and oxygen atoms in total. The van der Waals surface area contributed by atoms with Crippen LogP contribution in [0.25, 0.3) is 0 Å². The van der Waals surface area contributed by atoms with E-state index in [4.69, 9.17) is 9.72 Å². The lowest BCUT2D eigenvalue weighted by molar-refractivity contribution is 0.0802. The number of rotatable bonds is 8. The summed E-state index contributed by atoms with van der Waals surface area (Å²) in [6.07, 6.45) is 1.70. The number of carbonyl (C=O) groups excluding carboxylic acids is 1. The largest absolute Gasteiger partial charge is 0.392 e. The van der Waals surface area contributed by atoms with Crippen LogP contribution in [0.15, 0.2) is 48.7 Å². The molecule has 0 spiro atoms. The number of hydrogen-bond acceptors (Lipinski definition) is 8. The maximum Gasteiger partial charge on any atom is 0.253 e. The number of morpholine rings is 1. The molecule has 1 aromatic heterocycles. The van der Waals surface area contributed by atoms with Gasteiger partial charge in [-0.05, 0) is 55.3 Å². The Labute approximate surface area is 212 Å². The molecule has 3 aromatic rings. The van der Waals surface area contributed by atoms with Crippen LogP contribution in [0.4, 0.5) is 28.8 Å². The Kier molecular flexibility index (Phi) is 8.02. The van der Waals surface area contributed by atoms with Gasteiger partial charge in [0.2, 0.25) is 5.95 Å². The summed E-state index contributed by atoms with van der Waals surface area (Å²) in [6.45, 7) is 7.43. The monoisotopic (exact) mass is 490 g/mol. The van der Waals surface area contributed by atoms with Crippen molar-refractivity contribution in [1.82, 2.24) is 14.9 Å². The summed E-state index contributed by atoms with van der Waals surface area (Å²) in [4.78, 5) is 28.0. The zero-order valence-electron chi connectivity index (χ0n) is 21.4. The molecule has 1 aliphatic heterocycles. The Hall–Kier alpha value is -3.69. The van der Waals surface area contributed by atoms with Crippen LogP contribution < -0.4 is 15.1 Å². The van der Waals surface area contributed by atoms with Gasteiger partial charge in [-0.2, -0.15) is 4.98 Å². The minimum Gasteiger partial charge on any atom is -0.392 e. The summed E-state index contributed by atoms with van der Waals surface area (Å²) in [5.41, 5.74) is 5.17. The van der Waals surface area contributed by atoms with Gasteiger partial charge in [-0.3, -0.25) is 4.79 Å². The normalized spacial score (nSPS) is 13.4. The van der Waals surface area contributed by atoms with Crippen molar-refractivity contribution in [1.29, 1.82) is 0 Å². The predicted molar refractivity (Wildman–Crippen MR) is 143 cm³/mol. The summed E-state index contributed by atoms with van der Waals surface area (Å²) in [5.74, 6) is 1.10. The van der Waals surface area contributed by atoms with Gasteiger partial charge in [-0.25, -0.2) is 4.98 Å². The minimum atomic E-state index is -0.0377. The fraction of sp³-hybridized carbons (Fsp3) is 0.370. The molecule has 1 saturated heterocycles. The molecule has 0 bridgehead atoms. The van der Waals surface area contributed by atoms with Crippen molar-refractivity contribution in [2.75, 3.05) is 62.1 Å². The van der Waals surface area contributed by atoms with E-state index in [1.54, 1.807) is 18.1 Å². The Balaban J connectivity index is 1.64. The molecule has 36 heavy (non-hydrogen) atoms. The number of aliphatic hydroxyl groups is 1. The lowest BCUT2D eigenvalue weighted by Gasteiger charge is -2.30. The summed E-state index contributed by atoms with van der Waals surface area (Å²) in [7, 11) is 3.74. The van der Waals surface area contributed by atoms with Crippen LogP contribution in [-0.2, 0) is 11.3 Å². The van der Waals surface area contributed by atoms with Crippen molar-refractivity contribution >= 4 is 34.7 Å². The summed E-state index contributed by atoms with van der Waals surface area (Å²) in [6, 6.07) is 13.5. The van der Waals surface area contributed by atoms with E-state index >= 15 is 0 Å². The fourth-order valence-electron chi connectivity index (χ4n) is 4.14. The van der Waals surface area contributed by atoms with E-state index in [0.717, 1.165) is 41.3 Å². The molecule has 0 unspecified atom stereocenters. The molecular formula is C27H34N6O3. The topological polar surface area (TPSA) is 94.1 Å². The molecule has 0 atom stereocenters. The zero-order chi connectivity index (χ0) is 25.7. The maximum absolute atomic E-state index is 13.0. The molecule has 1 fully saturated rings. The first-order valence-corrected chi connectivity index (χ1v) is 12.2.